The molecule has 1 aromatic heterocycles. The number of aromatic amines is 1. The minimum atomic E-state index is -0.728. The normalized spacial score (nSPS) is 11.1. The molecule has 3 N–H and O–H groups in total. The maximum atomic E-state index is 12.3. The standard InChI is InChI=1S/C25H24N4O5/c1-33-21-11-10-16(14-22(21)34-2)12-13-29-24(31)19(23(30)27-25(29)32)15-26-28-20-9-5-7-17-6-3-4-8-18(17)20/h3-11,14-15,28,31H,12-13H2,1-2H3,(H,27,30,32)/b26-15+. The highest BCUT2D eigenvalue weighted by Gasteiger charge is 2.13. The molecule has 0 radical (unpaired) electrons. The fourth-order valence-corrected chi connectivity index (χ4v) is 3.67. The van der Waals surface area contributed by atoms with Crippen LogP contribution in [0.5, 0.6) is 17.4 Å². The van der Waals surface area contributed by atoms with E-state index in [1.807, 2.05) is 48.5 Å². The number of hydrogen-bond donors (Lipinski definition) is 3. The highest BCUT2D eigenvalue weighted by Crippen LogP contribution is 2.28. The molecule has 9 nitrogen and oxygen atoms in total. The Morgan fingerprint density at radius 2 is 1.79 bits per heavy atom. The van der Waals surface area contributed by atoms with Crippen molar-refractivity contribution in [3.63, 3.8) is 0 Å². The van der Waals surface area contributed by atoms with Crippen LogP contribution in [-0.2, 0) is 13.0 Å². The smallest absolute Gasteiger partial charge is 0.331 e. The number of benzene rings is 3. The molecule has 0 unspecified atom stereocenters. The van der Waals surface area contributed by atoms with Crippen molar-refractivity contribution >= 4 is 22.7 Å². The number of methoxy groups -OCH3 is 2. The first kappa shape index (κ1) is 22.7. The Kier molecular flexibility index (Phi) is 6.63. The van der Waals surface area contributed by atoms with Crippen LogP contribution in [0, 0.1) is 0 Å². The molecule has 0 fully saturated rings. The second-order valence-corrected chi connectivity index (χ2v) is 7.48. The van der Waals surface area contributed by atoms with Gasteiger partial charge in [0, 0.05) is 11.9 Å². The molecule has 4 aromatic rings. The van der Waals surface area contributed by atoms with Crippen molar-refractivity contribution in [3.05, 3.63) is 92.6 Å². The number of nitrogens with zero attached hydrogens (tertiary/aromatic N) is 2. The van der Waals surface area contributed by atoms with Gasteiger partial charge in [-0.05, 0) is 35.6 Å². The Morgan fingerprint density at radius 3 is 2.59 bits per heavy atom. The largest absolute Gasteiger partial charge is 0.494 e. The van der Waals surface area contributed by atoms with Gasteiger partial charge in [0.15, 0.2) is 11.5 Å². The maximum absolute atomic E-state index is 12.3. The van der Waals surface area contributed by atoms with Gasteiger partial charge < -0.3 is 14.6 Å². The van der Waals surface area contributed by atoms with Crippen LogP contribution in [0.3, 0.4) is 0 Å². The number of aromatic hydroxyl groups is 1. The fourth-order valence-electron chi connectivity index (χ4n) is 3.67. The molecular weight excluding hydrogens is 436 g/mol. The molecule has 34 heavy (non-hydrogen) atoms. The lowest BCUT2D eigenvalue weighted by Crippen LogP contribution is -2.32. The number of H-pyrrole nitrogens is 1. The molecule has 1 heterocycles. The van der Waals surface area contributed by atoms with Crippen LogP contribution < -0.4 is 26.1 Å². The third kappa shape index (κ3) is 4.63. The molecule has 0 aliphatic heterocycles. The Balaban J connectivity index is 1.56. The minimum absolute atomic E-state index is 0.125. The van der Waals surface area contributed by atoms with Gasteiger partial charge in [-0.2, -0.15) is 5.10 Å². The quantitative estimate of drug-likeness (QED) is 0.275. The maximum Gasteiger partial charge on any atom is 0.331 e. The number of anilines is 1. The summed E-state index contributed by atoms with van der Waals surface area (Å²) in [6.07, 6.45) is 1.60. The van der Waals surface area contributed by atoms with Crippen molar-refractivity contribution in [2.45, 2.75) is 13.0 Å². The predicted octanol–water partition coefficient (Wildman–Crippen LogP) is 3.10. The van der Waals surface area contributed by atoms with Gasteiger partial charge >= 0.3 is 5.69 Å². The zero-order chi connectivity index (χ0) is 24.1. The van der Waals surface area contributed by atoms with E-state index >= 15 is 0 Å². The van der Waals surface area contributed by atoms with E-state index in [-0.39, 0.29) is 12.1 Å². The summed E-state index contributed by atoms with van der Waals surface area (Å²) in [5.41, 5.74) is 2.94. The van der Waals surface area contributed by atoms with Crippen LogP contribution in [0.25, 0.3) is 10.8 Å². The topological polar surface area (TPSA) is 118 Å². The second-order valence-electron chi connectivity index (χ2n) is 7.48. The van der Waals surface area contributed by atoms with Crippen molar-refractivity contribution in [1.82, 2.24) is 9.55 Å². The van der Waals surface area contributed by atoms with Crippen LogP contribution >= 0.6 is 0 Å². The van der Waals surface area contributed by atoms with Gasteiger partial charge in [0.25, 0.3) is 5.56 Å². The zero-order valence-electron chi connectivity index (χ0n) is 18.7. The molecule has 0 atom stereocenters. The first-order valence-corrected chi connectivity index (χ1v) is 10.6. The van der Waals surface area contributed by atoms with Gasteiger partial charge in [0.2, 0.25) is 5.88 Å². The summed E-state index contributed by atoms with van der Waals surface area (Å²) >= 11 is 0. The molecule has 4 rings (SSSR count). The summed E-state index contributed by atoms with van der Waals surface area (Å²) in [6, 6.07) is 18.9. The van der Waals surface area contributed by atoms with Gasteiger partial charge in [0.1, 0.15) is 5.56 Å². The lowest BCUT2D eigenvalue weighted by atomic mass is 10.1. The lowest BCUT2D eigenvalue weighted by Gasteiger charge is -2.12. The Hall–Kier alpha value is -4.53. The molecule has 3 aromatic carbocycles. The van der Waals surface area contributed by atoms with Gasteiger partial charge in [-0.25, -0.2) is 4.79 Å². The summed E-state index contributed by atoms with van der Waals surface area (Å²) in [4.78, 5) is 26.9. The van der Waals surface area contributed by atoms with Crippen molar-refractivity contribution < 1.29 is 14.6 Å². The number of fused-ring (bicyclic) bond motifs is 1. The van der Waals surface area contributed by atoms with Crippen LogP contribution in [0.15, 0.2) is 75.4 Å². The molecule has 0 bridgehead atoms. The van der Waals surface area contributed by atoms with Crippen LogP contribution in [0.1, 0.15) is 11.1 Å². The average Bonchev–Trinajstić information content (AvgIpc) is 2.85. The molecule has 0 saturated carbocycles. The van der Waals surface area contributed by atoms with E-state index < -0.39 is 17.1 Å². The van der Waals surface area contributed by atoms with E-state index in [0.717, 1.165) is 26.6 Å². The number of nitrogens with one attached hydrogen (secondary N) is 2. The van der Waals surface area contributed by atoms with Gasteiger partial charge in [-0.15, -0.1) is 0 Å². The average molecular weight is 460 g/mol. The van der Waals surface area contributed by atoms with Crippen LogP contribution in [-0.4, -0.2) is 35.1 Å². The summed E-state index contributed by atoms with van der Waals surface area (Å²) in [5, 5.41) is 16.8. The SMILES string of the molecule is COc1ccc(CCn2c(O)c(/C=N/Nc3cccc4ccccc34)c(=O)[nH]c2=O)cc1OC. The minimum Gasteiger partial charge on any atom is -0.494 e. The van der Waals surface area contributed by atoms with Crippen LogP contribution in [0.2, 0.25) is 0 Å². The van der Waals surface area contributed by atoms with E-state index in [1.165, 1.54) is 13.3 Å². The zero-order valence-corrected chi connectivity index (χ0v) is 18.7. The third-order valence-corrected chi connectivity index (χ3v) is 5.45. The number of aryl methyl sites for hydroxylation is 1. The highest BCUT2D eigenvalue weighted by molar-refractivity contribution is 5.94. The summed E-state index contributed by atoms with van der Waals surface area (Å²) in [6.45, 7) is 0.133. The Bertz CT molecular complexity index is 1470. The molecule has 174 valence electrons. The van der Waals surface area contributed by atoms with E-state index in [0.29, 0.717) is 17.9 Å². The van der Waals surface area contributed by atoms with E-state index in [2.05, 4.69) is 15.5 Å². The molecule has 9 heteroatoms. The van der Waals surface area contributed by atoms with Gasteiger partial charge in [0.05, 0.1) is 26.1 Å². The number of hydrazone groups is 1. The van der Waals surface area contributed by atoms with Crippen molar-refractivity contribution in [2.24, 2.45) is 5.10 Å². The van der Waals surface area contributed by atoms with Crippen molar-refractivity contribution in [2.75, 3.05) is 19.6 Å². The third-order valence-electron chi connectivity index (χ3n) is 5.45. The number of ether oxygens (including phenoxy) is 2. The first-order chi connectivity index (χ1) is 16.5. The molecule has 0 amide bonds. The Labute approximate surface area is 194 Å². The number of rotatable bonds is 8. The van der Waals surface area contributed by atoms with E-state index in [9.17, 15) is 14.7 Å². The molecule has 0 saturated heterocycles. The van der Waals surface area contributed by atoms with Crippen LogP contribution in [0.4, 0.5) is 5.69 Å². The molecule has 0 aliphatic rings. The molecule has 0 spiro atoms. The summed E-state index contributed by atoms with van der Waals surface area (Å²) in [5.74, 6) is 0.690. The van der Waals surface area contributed by atoms with Gasteiger partial charge in [-0.1, -0.05) is 42.5 Å². The predicted molar refractivity (Wildman–Crippen MR) is 131 cm³/mol. The van der Waals surface area contributed by atoms with E-state index in [4.69, 9.17) is 9.47 Å². The highest BCUT2D eigenvalue weighted by atomic mass is 16.5. The second kappa shape index (κ2) is 9.95. The molecule has 0 aliphatic carbocycles. The van der Waals surface area contributed by atoms with E-state index in [1.54, 1.807) is 19.2 Å². The van der Waals surface area contributed by atoms with Crippen molar-refractivity contribution in [3.8, 4) is 17.4 Å². The van der Waals surface area contributed by atoms with Gasteiger partial charge in [-0.3, -0.25) is 19.8 Å². The first-order valence-electron chi connectivity index (χ1n) is 10.6. The lowest BCUT2D eigenvalue weighted by molar-refractivity contribution is 0.354. The van der Waals surface area contributed by atoms with Crippen molar-refractivity contribution in [1.29, 1.82) is 0 Å². The summed E-state index contributed by atoms with van der Waals surface area (Å²) < 4.78 is 11.6. The number of hydrogen-bond acceptors (Lipinski definition) is 7. The monoisotopic (exact) mass is 460 g/mol. The fraction of sp³-hybridized carbons (Fsp3) is 0.160. The summed E-state index contributed by atoms with van der Waals surface area (Å²) in [7, 11) is 3.09. The Morgan fingerprint density at radius 1 is 1.03 bits per heavy atom. The number of aromatic nitrogens is 2. The molecular formula is C25H24N4O5.